The molecule has 2 heterocycles. The van der Waals surface area contributed by atoms with Crippen molar-refractivity contribution in [2.75, 3.05) is 12.3 Å². The summed E-state index contributed by atoms with van der Waals surface area (Å²) in [4.78, 5) is 24.3. The zero-order valence-electron chi connectivity index (χ0n) is 13.0. The molecule has 2 atom stereocenters. The summed E-state index contributed by atoms with van der Waals surface area (Å²) in [5.41, 5.74) is 4.95. The largest absolute Gasteiger partial charge is 0.485 e. The molecule has 3 N–H and O–H groups in total. The third kappa shape index (κ3) is 2.39. The number of aliphatic hydroxyl groups is 1. The number of nitrogens with two attached hydrogens (primary N) is 1. The molecule has 8 nitrogen and oxygen atoms in total. The average molecular weight is 321 g/mol. The second kappa shape index (κ2) is 5.09. The number of carbonyl (C=O) groups excluding carboxylic acids is 1. The van der Waals surface area contributed by atoms with Gasteiger partial charge >= 0.3 is 0 Å². The number of rotatable bonds is 2. The molecule has 2 aliphatic rings. The maximum Gasteiger partial charge on any atom is 0.292 e. The van der Waals surface area contributed by atoms with Gasteiger partial charge < -0.3 is 20.5 Å². The fourth-order valence-electron chi connectivity index (χ4n) is 3.27. The van der Waals surface area contributed by atoms with E-state index in [1.807, 2.05) is 0 Å². The number of nitrogens with zero attached hydrogens (tertiary/aromatic N) is 2. The topological polar surface area (TPSA) is 119 Å². The molecular formula is C15H19N3O5. The summed E-state index contributed by atoms with van der Waals surface area (Å²) >= 11 is 0. The number of hydrogen-bond donors (Lipinski definition) is 2. The first-order valence-electron chi connectivity index (χ1n) is 7.46. The van der Waals surface area contributed by atoms with Gasteiger partial charge in [0.25, 0.3) is 5.69 Å². The molecule has 8 heteroatoms. The second-order valence-corrected chi connectivity index (χ2v) is 6.49. The Morgan fingerprint density at radius 3 is 2.74 bits per heavy atom. The maximum absolute atomic E-state index is 12.1. The van der Waals surface area contributed by atoms with Gasteiger partial charge in [-0.25, -0.2) is 0 Å². The van der Waals surface area contributed by atoms with Gasteiger partial charge in [0.15, 0.2) is 0 Å². The van der Waals surface area contributed by atoms with E-state index in [9.17, 15) is 20.0 Å². The fourth-order valence-corrected chi connectivity index (χ4v) is 3.27. The number of likely N-dealkylation sites (tertiary alicyclic amines) is 1. The van der Waals surface area contributed by atoms with Crippen LogP contribution in [0, 0.1) is 10.1 Å². The van der Waals surface area contributed by atoms with E-state index in [0.29, 0.717) is 30.7 Å². The Labute approximate surface area is 133 Å². The van der Waals surface area contributed by atoms with Gasteiger partial charge in [0.05, 0.1) is 11.0 Å². The Kier molecular flexibility index (Phi) is 3.44. The molecule has 0 bridgehead atoms. The lowest BCUT2D eigenvalue weighted by atomic mass is 9.85. The number of aliphatic hydroxyl groups excluding tert-OH is 1. The molecule has 2 unspecified atom stereocenters. The Morgan fingerprint density at radius 2 is 2.17 bits per heavy atom. The van der Waals surface area contributed by atoms with Crippen molar-refractivity contribution >= 4 is 17.3 Å². The van der Waals surface area contributed by atoms with Crippen LogP contribution in [0.4, 0.5) is 11.4 Å². The van der Waals surface area contributed by atoms with Gasteiger partial charge in [0.1, 0.15) is 23.1 Å². The SMILES string of the molecule is CC1(C)Oc2cc(N)c([N+](=O)[O-])cc2C(N2CCCC2=O)C1O. The Morgan fingerprint density at radius 1 is 1.48 bits per heavy atom. The van der Waals surface area contributed by atoms with E-state index in [1.165, 1.54) is 12.1 Å². The number of carbonyl (C=O) groups is 1. The van der Waals surface area contributed by atoms with Crippen molar-refractivity contribution in [1.82, 2.24) is 4.90 Å². The first kappa shape index (κ1) is 15.5. The Bertz CT molecular complexity index is 688. The molecule has 124 valence electrons. The third-order valence-electron chi connectivity index (χ3n) is 4.50. The van der Waals surface area contributed by atoms with Gasteiger partial charge in [0, 0.05) is 30.7 Å². The van der Waals surface area contributed by atoms with Gasteiger partial charge in [-0.15, -0.1) is 0 Å². The molecule has 0 radical (unpaired) electrons. The minimum atomic E-state index is -1.000. The van der Waals surface area contributed by atoms with Gasteiger partial charge in [-0.1, -0.05) is 0 Å². The number of hydrogen-bond acceptors (Lipinski definition) is 6. The van der Waals surface area contributed by atoms with Crippen LogP contribution in [0.25, 0.3) is 0 Å². The van der Waals surface area contributed by atoms with E-state index < -0.39 is 22.7 Å². The lowest BCUT2D eigenvalue weighted by molar-refractivity contribution is -0.384. The molecule has 1 aromatic carbocycles. The van der Waals surface area contributed by atoms with E-state index >= 15 is 0 Å². The van der Waals surface area contributed by atoms with E-state index in [4.69, 9.17) is 10.5 Å². The van der Waals surface area contributed by atoms with E-state index in [2.05, 4.69) is 0 Å². The van der Waals surface area contributed by atoms with Crippen molar-refractivity contribution in [3.63, 3.8) is 0 Å². The average Bonchev–Trinajstić information content (AvgIpc) is 2.85. The maximum atomic E-state index is 12.1. The van der Waals surface area contributed by atoms with Crippen LogP contribution in [0.1, 0.15) is 38.3 Å². The normalized spacial score (nSPS) is 25.9. The van der Waals surface area contributed by atoms with Crippen LogP contribution < -0.4 is 10.5 Å². The highest BCUT2D eigenvalue weighted by molar-refractivity contribution is 5.79. The van der Waals surface area contributed by atoms with Crippen LogP contribution in [0.5, 0.6) is 5.75 Å². The first-order chi connectivity index (χ1) is 10.7. The number of fused-ring (bicyclic) bond motifs is 1. The lowest BCUT2D eigenvalue weighted by Crippen LogP contribution is -2.53. The number of anilines is 1. The van der Waals surface area contributed by atoms with Gasteiger partial charge in [-0.05, 0) is 20.3 Å². The summed E-state index contributed by atoms with van der Waals surface area (Å²) in [6.07, 6.45) is 0.118. The molecule has 0 aromatic heterocycles. The van der Waals surface area contributed by atoms with Crippen LogP contribution in [0.2, 0.25) is 0 Å². The Balaban J connectivity index is 2.17. The van der Waals surface area contributed by atoms with E-state index in [-0.39, 0.29) is 17.3 Å². The van der Waals surface area contributed by atoms with Crippen molar-refractivity contribution in [2.45, 2.75) is 44.4 Å². The van der Waals surface area contributed by atoms with Gasteiger partial charge in [-0.2, -0.15) is 0 Å². The number of nitrogen functional groups attached to an aromatic ring is 1. The molecule has 0 aliphatic carbocycles. The zero-order chi connectivity index (χ0) is 16.9. The van der Waals surface area contributed by atoms with Crippen LogP contribution >= 0.6 is 0 Å². The number of benzene rings is 1. The summed E-state index contributed by atoms with van der Waals surface area (Å²) in [6, 6.07) is 2.02. The highest BCUT2D eigenvalue weighted by atomic mass is 16.6. The molecule has 1 fully saturated rings. The monoisotopic (exact) mass is 321 g/mol. The number of nitro groups is 1. The summed E-state index contributed by atoms with van der Waals surface area (Å²) in [6.45, 7) is 3.94. The van der Waals surface area contributed by atoms with Crippen LogP contribution in [-0.2, 0) is 4.79 Å². The summed E-state index contributed by atoms with van der Waals surface area (Å²) in [7, 11) is 0. The van der Waals surface area contributed by atoms with Crippen molar-refractivity contribution in [3.05, 3.63) is 27.8 Å². The second-order valence-electron chi connectivity index (χ2n) is 6.49. The highest BCUT2D eigenvalue weighted by Crippen LogP contribution is 2.46. The van der Waals surface area contributed by atoms with Gasteiger partial charge in [-0.3, -0.25) is 14.9 Å². The standard InChI is InChI=1S/C15H19N3O5/c1-15(2)14(20)13(17-5-3-4-12(17)19)8-6-10(18(21)22)9(16)7-11(8)23-15/h6-7,13-14,20H,3-5,16H2,1-2H3. The summed E-state index contributed by atoms with van der Waals surface area (Å²) < 4.78 is 5.78. The third-order valence-corrected chi connectivity index (χ3v) is 4.50. The quantitative estimate of drug-likeness (QED) is 0.482. The molecule has 23 heavy (non-hydrogen) atoms. The molecule has 1 saturated heterocycles. The van der Waals surface area contributed by atoms with Crippen LogP contribution in [0.3, 0.4) is 0 Å². The number of amides is 1. The summed E-state index contributed by atoms with van der Waals surface area (Å²) in [5, 5.41) is 21.9. The van der Waals surface area contributed by atoms with Crippen molar-refractivity contribution in [3.8, 4) is 5.75 Å². The number of nitro benzene ring substituents is 1. The Hall–Kier alpha value is -2.35. The molecule has 2 aliphatic heterocycles. The first-order valence-corrected chi connectivity index (χ1v) is 7.46. The van der Waals surface area contributed by atoms with Crippen molar-refractivity contribution < 1.29 is 19.6 Å². The molecule has 1 aromatic rings. The predicted octanol–water partition coefficient (Wildman–Crippen LogP) is 1.37. The van der Waals surface area contributed by atoms with Crippen molar-refractivity contribution in [2.24, 2.45) is 0 Å². The number of ether oxygens (including phenoxy) is 1. The minimum Gasteiger partial charge on any atom is -0.485 e. The minimum absolute atomic E-state index is 0.00700. The van der Waals surface area contributed by atoms with Crippen LogP contribution in [-0.4, -0.2) is 39.1 Å². The molecule has 0 saturated carbocycles. The fraction of sp³-hybridized carbons (Fsp3) is 0.533. The highest BCUT2D eigenvalue weighted by Gasteiger charge is 2.48. The smallest absolute Gasteiger partial charge is 0.292 e. The summed E-state index contributed by atoms with van der Waals surface area (Å²) in [5.74, 6) is 0.297. The lowest BCUT2D eigenvalue weighted by Gasteiger charge is -2.45. The zero-order valence-corrected chi connectivity index (χ0v) is 13.0. The molecule has 0 spiro atoms. The van der Waals surface area contributed by atoms with E-state index in [1.54, 1.807) is 18.7 Å². The van der Waals surface area contributed by atoms with Gasteiger partial charge in [0.2, 0.25) is 5.91 Å². The molecule has 1 amide bonds. The van der Waals surface area contributed by atoms with E-state index in [0.717, 1.165) is 0 Å². The molecule has 3 rings (SSSR count). The van der Waals surface area contributed by atoms with Crippen LogP contribution in [0.15, 0.2) is 12.1 Å². The molecular weight excluding hydrogens is 302 g/mol. The van der Waals surface area contributed by atoms with Crippen molar-refractivity contribution in [1.29, 1.82) is 0 Å². The predicted molar refractivity (Wildman–Crippen MR) is 81.9 cm³/mol.